The van der Waals surface area contributed by atoms with Crippen molar-refractivity contribution in [3.8, 4) is 5.75 Å². The number of β-amino-alcohol motifs (C(OH)–C–C–N with tert-alkyl or cyclic N) is 1. The highest BCUT2D eigenvalue weighted by Crippen LogP contribution is 2.38. The molecule has 1 unspecified atom stereocenters. The van der Waals surface area contributed by atoms with Crippen molar-refractivity contribution in [3.63, 3.8) is 0 Å². The van der Waals surface area contributed by atoms with Crippen LogP contribution in [-0.2, 0) is 9.52 Å². The highest BCUT2D eigenvalue weighted by molar-refractivity contribution is 8.01. The van der Waals surface area contributed by atoms with Gasteiger partial charge in [0.2, 0.25) is 5.95 Å². The van der Waals surface area contributed by atoms with Gasteiger partial charge in [-0.05, 0) is 99.9 Å². The summed E-state index contributed by atoms with van der Waals surface area (Å²) in [6, 6.07) is 13.8. The summed E-state index contributed by atoms with van der Waals surface area (Å²) in [7, 11) is -2.53. The molecule has 230 valence electrons. The molecule has 9 nitrogen and oxygen atoms in total. The van der Waals surface area contributed by atoms with Gasteiger partial charge in [-0.25, -0.2) is 0 Å². The first kappa shape index (κ1) is 30.8. The predicted molar refractivity (Wildman–Crippen MR) is 178 cm³/mol. The van der Waals surface area contributed by atoms with E-state index in [1.54, 1.807) is 0 Å². The molecule has 43 heavy (non-hydrogen) atoms. The summed E-state index contributed by atoms with van der Waals surface area (Å²) in [5.41, 5.74) is 4.66. The van der Waals surface area contributed by atoms with Crippen molar-refractivity contribution in [1.82, 2.24) is 19.9 Å². The molecule has 2 aromatic heterocycles. The number of rotatable bonds is 11. The molecule has 0 radical (unpaired) electrons. The maximum atomic E-state index is 13.5. The lowest BCUT2D eigenvalue weighted by Crippen LogP contribution is -2.35. The van der Waals surface area contributed by atoms with Crippen molar-refractivity contribution >= 4 is 49.6 Å². The number of nitrogens with zero attached hydrogens (tertiary/aromatic N) is 3. The van der Waals surface area contributed by atoms with Crippen molar-refractivity contribution in [2.24, 2.45) is 0 Å². The van der Waals surface area contributed by atoms with Gasteiger partial charge in [-0.15, -0.1) is 0 Å². The fourth-order valence-corrected chi connectivity index (χ4v) is 6.98. The fraction of sp³-hybridized carbons (Fsp3) is 0.424. The van der Waals surface area contributed by atoms with Gasteiger partial charge in [-0.1, -0.05) is 26.0 Å². The van der Waals surface area contributed by atoms with Gasteiger partial charge >= 0.3 is 0 Å². The molecule has 0 spiro atoms. The molecular formula is C33H44N6O3S. The first-order chi connectivity index (χ1) is 20.6. The number of aromatic amines is 1. The van der Waals surface area contributed by atoms with Crippen LogP contribution in [-0.4, -0.2) is 72.6 Å². The summed E-state index contributed by atoms with van der Waals surface area (Å²) in [5, 5.41) is 16.9. The van der Waals surface area contributed by atoms with Gasteiger partial charge in [-0.3, -0.25) is 4.21 Å². The molecule has 1 atom stereocenters. The third-order valence-electron chi connectivity index (χ3n) is 8.11. The number of aryl methyl sites for hydroxylation is 1. The maximum absolute atomic E-state index is 13.5. The molecule has 0 amide bonds. The van der Waals surface area contributed by atoms with Crippen LogP contribution in [0.15, 0.2) is 53.6 Å². The second-order valence-electron chi connectivity index (χ2n) is 11.9. The highest BCUT2D eigenvalue weighted by atomic mass is 32.2. The minimum atomic E-state index is -2.53. The number of hydrogen-bond donors (Lipinski definition) is 4. The number of benzene rings is 2. The first-order valence-corrected chi connectivity index (χ1v) is 16.8. The first-order valence-electron chi connectivity index (χ1n) is 15.1. The number of ether oxygens (including phenoxy) is 1. The molecule has 5 rings (SSSR count). The number of para-hydroxylation sites is 1. The molecule has 4 aromatic rings. The van der Waals surface area contributed by atoms with Crippen molar-refractivity contribution < 1.29 is 14.1 Å². The average molecular weight is 605 g/mol. The molecule has 3 heterocycles. The number of H-pyrrole nitrogens is 1. The molecule has 1 aliphatic rings. The van der Waals surface area contributed by atoms with Crippen LogP contribution in [0, 0.1) is 6.92 Å². The summed E-state index contributed by atoms with van der Waals surface area (Å²) < 4.78 is 19.8. The van der Waals surface area contributed by atoms with Crippen LogP contribution in [0.4, 0.5) is 23.1 Å². The third kappa shape index (κ3) is 6.82. The second kappa shape index (κ2) is 13.0. The van der Waals surface area contributed by atoms with Gasteiger partial charge in [0.15, 0.2) is 0 Å². The Bertz CT molecular complexity index is 1670. The smallest absolute Gasteiger partial charge is 0.231 e. The average Bonchev–Trinajstić information content (AvgIpc) is 3.44. The zero-order valence-corrected chi connectivity index (χ0v) is 26.6. The molecule has 2 aromatic carbocycles. The third-order valence-corrected chi connectivity index (χ3v) is 10.7. The van der Waals surface area contributed by atoms with Crippen LogP contribution in [0.5, 0.6) is 5.75 Å². The summed E-state index contributed by atoms with van der Waals surface area (Å²) in [6.07, 6.45) is 3.92. The zero-order chi connectivity index (χ0) is 30.7. The van der Waals surface area contributed by atoms with Crippen LogP contribution >= 0.6 is 0 Å². The van der Waals surface area contributed by atoms with Crippen LogP contribution in [0.1, 0.15) is 57.6 Å². The summed E-state index contributed by atoms with van der Waals surface area (Å²) >= 11 is 0. The predicted octanol–water partition coefficient (Wildman–Crippen LogP) is 6.20. The molecular weight excluding hydrogens is 560 g/mol. The lowest BCUT2D eigenvalue weighted by molar-refractivity contribution is 0.164. The summed E-state index contributed by atoms with van der Waals surface area (Å²) in [6.45, 7) is 12.9. The van der Waals surface area contributed by atoms with Gasteiger partial charge < -0.3 is 30.4 Å². The van der Waals surface area contributed by atoms with Crippen molar-refractivity contribution in [1.29, 1.82) is 0 Å². The van der Waals surface area contributed by atoms with Gasteiger partial charge in [0.05, 0.1) is 34.4 Å². The van der Waals surface area contributed by atoms with E-state index in [1.807, 2.05) is 64.2 Å². The van der Waals surface area contributed by atoms with Crippen LogP contribution in [0.25, 0.3) is 11.0 Å². The zero-order valence-electron chi connectivity index (χ0n) is 25.8. The Labute approximate surface area is 255 Å². The Balaban J connectivity index is 1.48. The second-order valence-corrected chi connectivity index (χ2v) is 14.7. The topological polar surface area (TPSA) is 115 Å². The Morgan fingerprint density at radius 2 is 1.84 bits per heavy atom. The molecule has 1 aliphatic heterocycles. The van der Waals surface area contributed by atoms with Crippen LogP contribution < -0.4 is 15.4 Å². The maximum Gasteiger partial charge on any atom is 0.231 e. The molecule has 10 heteroatoms. The minimum absolute atomic E-state index is 0.0125. The van der Waals surface area contributed by atoms with Crippen LogP contribution in [0.2, 0.25) is 0 Å². The van der Waals surface area contributed by atoms with E-state index in [9.17, 15) is 9.32 Å². The molecule has 4 N–H and O–H groups in total. The minimum Gasteiger partial charge on any atom is -0.489 e. The van der Waals surface area contributed by atoms with E-state index in [2.05, 4.69) is 45.4 Å². The Kier molecular flexibility index (Phi) is 9.29. The molecule has 1 fully saturated rings. The number of aliphatic hydroxyl groups is 1. The number of anilines is 4. The van der Waals surface area contributed by atoms with E-state index < -0.39 is 9.52 Å². The van der Waals surface area contributed by atoms with Gasteiger partial charge in [0, 0.05) is 27.5 Å². The quantitative estimate of drug-likeness (QED) is 0.150. The normalized spacial score (nSPS) is 16.1. The molecule has 1 saturated heterocycles. The standard InChI is InChI=1S/C33H44N6O3S/c1-21(2)42-29-20-26(24-12-15-39(16-13-24)17-18-40)23(5)19-28(29)36-33-37-31-25(11-14-34-31)32(38-33)35-27-9-7-8-10-30(27)43(6,41)22(3)4/h7-11,14,19-22,24,40H,6,12-13,15-18H2,1-5H3,(H3,34,35,36,37,38). The Morgan fingerprint density at radius 3 is 2.53 bits per heavy atom. The highest BCUT2D eigenvalue weighted by Gasteiger charge is 2.24. The molecule has 0 aliphatic carbocycles. The van der Waals surface area contributed by atoms with Gasteiger partial charge in [0.1, 0.15) is 17.2 Å². The fourth-order valence-electron chi connectivity index (χ4n) is 5.67. The molecule has 0 saturated carbocycles. The Morgan fingerprint density at radius 1 is 1.09 bits per heavy atom. The van der Waals surface area contributed by atoms with Gasteiger partial charge in [-0.2, -0.15) is 9.97 Å². The largest absolute Gasteiger partial charge is 0.489 e. The van der Waals surface area contributed by atoms with E-state index >= 15 is 0 Å². The van der Waals surface area contributed by atoms with E-state index in [4.69, 9.17) is 14.7 Å². The number of piperidine rings is 1. The lowest BCUT2D eigenvalue weighted by atomic mass is 9.86. The van der Waals surface area contributed by atoms with Crippen molar-refractivity contribution in [3.05, 3.63) is 59.8 Å². The SMILES string of the molecule is C=S(=O)(c1ccccc1Nc1nc(Nc2cc(C)c(C3CCN(CCO)CC3)cc2OC(C)C)nc2[nH]ccc12)C(C)C. The number of fused-ring (bicyclic) bond motifs is 1. The number of hydrogen-bond acceptors (Lipinski definition) is 8. The van der Waals surface area contributed by atoms with Gasteiger partial charge in [0.25, 0.3) is 0 Å². The van der Waals surface area contributed by atoms with E-state index in [0.717, 1.165) is 49.3 Å². The summed E-state index contributed by atoms with van der Waals surface area (Å²) in [5.74, 6) is 6.27. The molecule has 0 bridgehead atoms. The number of aliphatic hydroxyl groups excluding tert-OH is 1. The summed E-state index contributed by atoms with van der Waals surface area (Å²) in [4.78, 5) is 15.8. The van der Waals surface area contributed by atoms with E-state index in [0.29, 0.717) is 33.9 Å². The van der Waals surface area contributed by atoms with E-state index in [-0.39, 0.29) is 18.0 Å². The van der Waals surface area contributed by atoms with E-state index in [1.165, 1.54) is 11.1 Å². The Hall–Kier alpha value is -3.60. The number of aromatic nitrogens is 3. The van der Waals surface area contributed by atoms with Crippen molar-refractivity contribution in [2.45, 2.75) is 69.6 Å². The number of nitrogens with one attached hydrogen (secondary N) is 3. The van der Waals surface area contributed by atoms with Crippen molar-refractivity contribution in [2.75, 3.05) is 36.9 Å². The monoisotopic (exact) mass is 604 g/mol. The number of likely N-dealkylation sites (tertiary alicyclic amines) is 1. The van der Waals surface area contributed by atoms with Crippen LogP contribution in [0.3, 0.4) is 0 Å². The lowest BCUT2D eigenvalue weighted by Gasteiger charge is -2.32.